The highest BCUT2D eigenvalue weighted by atomic mass is 79.9. The van der Waals surface area contributed by atoms with Gasteiger partial charge in [0.25, 0.3) is 0 Å². The van der Waals surface area contributed by atoms with Crippen LogP contribution in [-0.4, -0.2) is 42.2 Å². The van der Waals surface area contributed by atoms with Crippen LogP contribution >= 0.6 is 28.3 Å². The van der Waals surface area contributed by atoms with Crippen molar-refractivity contribution in [2.45, 2.75) is 28.7 Å². The molecule has 0 aromatic heterocycles. The molecule has 2 N–H and O–H groups in total. The molecule has 1 fully saturated rings. The van der Waals surface area contributed by atoms with Gasteiger partial charge >= 0.3 is 0 Å². The first-order valence-electron chi connectivity index (χ1n) is 6.43. The van der Waals surface area contributed by atoms with Gasteiger partial charge in [-0.1, -0.05) is 0 Å². The molecule has 1 aromatic rings. The van der Waals surface area contributed by atoms with Gasteiger partial charge in [0.05, 0.1) is 9.79 Å². The minimum absolute atomic E-state index is 0. The molecule has 0 bridgehead atoms. The molecule has 1 unspecified atom stereocenters. The summed E-state index contributed by atoms with van der Waals surface area (Å²) in [5.74, 6) is 0. The molecule has 1 atom stereocenters. The van der Waals surface area contributed by atoms with Gasteiger partial charge in [-0.3, -0.25) is 0 Å². The van der Waals surface area contributed by atoms with Crippen molar-refractivity contribution >= 4 is 48.2 Å². The minimum Gasteiger partial charge on any atom is -0.315 e. The molecule has 6 nitrogen and oxygen atoms in total. The Labute approximate surface area is 145 Å². The van der Waals surface area contributed by atoms with Crippen molar-refractivity contribution < 1.29 is 16.8 Å². The second-order valence-electron chi connectivity index (χ2n) is 5.03. The van der Waals surface area contributed by atoms with Gasteiger partial charge < -0.3 is 5.32 Å². The number of rotatable bonds is 4. The lowest BCUT2D eigenvalue weighted by molar-refractivity contribution is 0.428. The maximum Gasteiger partial charge on any atom is 0.241 e. The lowest BCUT2D eigenvalue weighted by Crippen LogP contribution is -2.45. The molecule has 0 amide bonds. The van der Waals surface area contributed by atoms with Crippen LogP contribution in [0.4, 0.5) is 0 Å². The van der Waals surface area contributed by atoms with Gasteiger partial charge in [-0.25, -0.2) is 21.6 Å². The first-order chi connectivity index (χ1) is 9.70. The molecular formula is C12H18BrClN2O4S2. The zero-order valence-corrected chi connectivity index (χ0v) is 15.9. The normalized spacial score (nSPS) is 19.5. The van der Waals surface area contributed by atoms with Crippen molar-refractivity contribution in [1.82, 2.24) is 10.0 Å². The van der Waals surface area contributed by atoms with E-state index in [4.69, 9.17) is 0 Å². The van der Waals surface area contributed by atoms with E-state index in [1.54, 1.807) is 0 Å². The van der Waals surface area contributed by atoms with Gasteiger partial charge in [0.1, 0.15) is 0 Å². The summed E-state index contributed by atoms with van der Waals surface area (Å²) in [6.07, 6.45) is 2.78. The van der Waals surface area contributed by atoms with Crippen LogP contribution in [0.15, 0.2) is 32.5 Å². The largest absolute Gasteiger partial charge is 0.315 e. The maximum atomic E-state index is 12.4. The molecule has 1 heterocycles. The Balaban J connectivity index is 0.00000242. The minimum atomic E-state index is -3.68. The predicted molar refractivity (Wildman–Crippen MR) is 90.7 cm³/mol. The van der Waals surface area contributed by atoms with Gasteiger partial charge in [0, 0.05) is 23.3 Å². The van der Waals surface area contributed by atoms with Gasteiger partial charge in [0.2, 0.25) is 10.0 Å². The van der Waals surface area contributed by atoms with Gasteiger partial charge in [-0.15, -0.1) is 12.4 Å². The molecule has 0 spiro atoms. The highest BCUT2D eigenvalue weighted by molar-refractivity contribution is 9.10. The highest BCUT2D eigenvalue weighted by Gasteiger charge is 2.24. The van der Waals surface area contributed by atoms with Crippen molar-refractivity contribution in [3.8, 4) is 0 Å². The molecule has 10 heteroatoms. The molecule has 0 aliphatic carbocycles. The predicted octanol–water partition coefficient (Wildman–Crippen LogP) is 1.30. The van der Waals surface area contributed by atoms with Crippen LogP contribution in [0.1, 0.15) is 12.8 Å². The lowest BCUT2D eigenvalue weighted by Gasteiger charge is -2.23. The third kappa shape index (κ3) is 4.90. The van der Waals surface area contributed by atoms with Crippen LogP contribution in [0.25, 0.3) is 0 Å². The standard InChI is InChI=1S/C12H17BrN2O4S2.ClH/c1-20(16,17)10-4-5-12(11(13)7-10)21(18,19)15-9-3-2-6-14-8-9;/h4-5,7,9,14-15H,2-3,6,8H2,1H3;1H. The second kappa shape index (κ2) is 7.59. The number of halogens is 2. The van der Waals surface area contributed by atoms with Crippen LogP contribution in [0.3, 0.4) is 0 Å². The van der Waals surface area contributed by atoms with Gasteiger partial charge in [0.15, 0.2) is 9.84 Å². The molecule has 2 rings (SSSR count). The van der Waals surface area contributed by atoms with E-state index in [0.717, 1.165) is 25.6 Å². The number of benzene rings is 1. The average molecular weight is 434 g/mol. The number of sulfone groups is 1. The Bertz CT molecular complexity index is 731. The summed E-state index contributed by atoms with van der Waals surface area (Å²) < 4.78 is 50.5. The lowest BCUT2D eigenvalue weighted by atomic mass is 10.1. The van der Waals surface area contributed by atoms with Crippen molar-refractivity contribution in [2.24, 2.45) is 0 Å². The zero-order chi connectivity index (χ0) is 15.7. The average Bonchev–Trinajstić information content (AvgIpc) is 2.37. The molecule has 0 saturated carbocycles. The van der Waals surface area contributed by atoms with Gasteiger partial charge in [-0.05, 0) is 53.5 Å². The van der Waals surface area contributed by atoms with Crippen LogP contribution in [-0.2, 0) is 19.9 Å². The first-order valence-corrected chi connectivity index (χ1v) is 10.6. The summed E-state index contributed by atoms with van der Waals surface area (Å²) in [6, 6.07) is 3.76. The maximum absolute atomic E-state index is 12.4. The Morgan fingerprint density at radius 3 is 2.45 bits per heavy atom. The van der Waals surface area contributed by atoms with Crippen molar-refractivity contribution in [3.05, 3.63) is 22.7 Å². The topological polar surface area (TPSA) is 92.3 Å². The Morgan fingerprint density at radius 2 is 1.95 bits per heavy atom. The quantitative estimate of drug-likeness (QED) is 0.747. The van der Waals surface area contributed by atoms with Crippen molar-refractivity contribution in [1.29, 1.82) is 0 Å². The van der Waals surface area contributed by atoms with E-state index in [-0.39, 0.29) is 32.7 Å². The summed E-state index contributed by atoms with van der Waals surface area (Å²) in [7, 11) is -7.05. The van der Waals surface area contributed by atoms with E-state index in [9.17, 15) is 16.8 Å². The third-order valence-electron chi connectivity index (χ3n) is 3.24. The third-order valence-corrected chi connectivity index (χ3v) is 6.85. The number of sulfonamides is 1. The number of nitrogens with one attached hydrogen (secondary N) is 2. The van der Waals surface area contributed by atoms with E-state index in [1.807, 2.05) is 0 Å². The molecule has 1 aromatic carbocycles. The summed E-state index contributed by atoms with van der Waals surface area (Å²) in [5, 5.41) is 3.13. The Hall–Kier alpha value is -0.190. The van der Waals surface area contributed by atoms with E-state index in [1.165, 1.54) is 18.2 Å². The molecule has 22 heavy (non-hydrogen) atoms. The van der Waals surface area contributed by atoms with Crippen molar-refractivity contribution in [2.75, 3.05) is 19.3 Å². The van der Waals surface area contributed by atoms with E-state index in [2.05, 4.69) is 26.0 Å². The van der Waals surface area contributed by atoms with Crippen LogP contribution in [0.5, 0.6) is 0 Å². The van der Waals surface area contributed by atoms with E-state index < -0.39 is 19.9 Å². The monoisotopic (exact) mass is 432 g/mol. The molecule has 0 radical (unpaired) electrons. The van der Waals surface area contributed by atoms with Gasteiger partial charge in [-0.2, -0.15) is 0 Å². The molecular weight excluding hydrogens is 416 g/mol. The van der Waals surface area contributed by atoms with Crippen LogP contribution in [0, 0.1) is 0 Å². The molecule has 1 aliphatic heterocycles. The zero-order valence-electron chi connectivity index (χ0n) is 11.9. The first kappa shape index (κ1) is 19.9. The summed E-state index contributed by atoms with van der Waals surface area (Å²) >= 11 is 3.14. The Morgan fingerprint density at radius 1 is 1.27 bits per heavy atom. The Kier molecular flexibility index (Phi) is 6.85. The summed E-state index contributed by atoms with van der Waals surface area (Å²) in [5.41, 5.74) is 0. The number of hydrogen-bond donors (Lipinski definition) is 2. The summed E-state index contributed by atoms with van der Waals surface area (Å²) in [6.45, 7) is 1.49. The summed E-state index contributed by atoms with van der Waals surface area (Å²) in [4.78, 5) is 0.119. The van der Waals surface area contributed by atoms with Crippen LogP contribution < -0.4 is 10.0 Å². The highest BCUT2D eigenvalue weighted by Crippen LogP contribution is 2.25. The molecule has 1 saturated heterocycles. The van der Waals surface area contributed by atoms with E-state index in [0.29, 0.717) is 6.54 Å². The van der Waals surface area contributed by atoms with Crippen LogP contribution in [0.2, 0.25) is 0 Å². The molecule has 126 valence electrons. The van der Waals surface area contributed by atoms with E-state index >= 15 is 0 Å². The SMILES string of the molecule is CS(=O)(=O)c1ccc(S(=O)(=O)NC2CCCNC2)c(Br)c1.Cl. The fraction of sp³-hybridized carbons (Fsp3) is 0.500. The fourth-order valence-electron chi connectivity index (χ4n) is 2.17. The number of piperidine rings is 1. The fourth-order valence-corrected chi connectivity index (χ4v) is 5.31. The molecule has 1 aliphatic rings. The number of hydrogen-bond acceptors (Lipinski definition) is 5. The second-order valence-corrected chi connectivity index (χ2v) is 9.58. The van der Waals surface area contributed by atoms with Crippen molar-refractivity contribution in [3.63, 3.8) is 0 Å². The smallest absolute Gasteiger partial charge is 0.241 e.